The zero-order valence-corrected chi connectivity index (χ0v) is 11.3. The van der Waals surface area contributed by atoms with Crippen LogP contribution in [-0.4, -0.2) is 23.6 Å². The van der Waals surface area contributed by atoms with E-state index in [4.69, 9.17) is 0 Å². The van der Waals surface area contributed by atoms with Gasteiger partial charge in [-0.3, -0.25) is 10.1 Å². The molecule has 1 atom stereocenters. The van der Waals surface area contributed by atoms with Crippen molar-refractivity contribution in [1.82, 2.24) is 5.32 Å². The molecule has 3 nitrogen and oxygen atoms in total. The maximum atomic E-state index is 11.9. The molecule has 1 unspecified atom stereocenters. The molecular weight excluding hydrogens is 288 g/mol. The van der Waals surface area contributed by atoms with E-state index < -0.39 is 0 Å². The maximum absolute atomic E-state index is 11.9. The third-order valence-corrected chi connectivity index (χ3v) is 3.92. The number of rotatable bonds is 2. The van der Waals surface area contributed by atoms with Crippen LogP contribution in [0.2, 0.25) is 0 Å². The summed E-state index contributed by atoms with van der Waals surface area (Å²) in [6.07, 6.45) is 0. The Kier molecular flexibility index (Phi) is 3.89. The quantitative estimate of drug-likeness (QED) is 0.881. The molecule has 0 spiro atoms. The lowest BCUT2D eigenvalue weighted by Crippen LogP contribution is -2.37. The predicted molar refractivity (Wildman–Crippen MR) is 71.8 cm³/mol. The number of carbonyl (C=O) groups is 1. The maximum Gasteiger partial charge on any atom is 0.242 e. The van der Waals surface area contributed by atoms with Gasteiger partial charge in [-0.2, -0.15) is 0 Å². The highest BCUT2D eigenvalue weighted by molar-refractivity contribution is 9.10. The molecule has 1 saturated heterocycles. The first-order valence-electron chi connectivity index (χ1n) is 5.05. The molecule has 1 aliphatic heterocycles. The van der Waals surface area contributed by atoms with Crippen LogP contribution in [0, 0.1) is 6.92 Å². The number of thioether (sulfide) groups is 1. The van der Waals surface area contributed by atoms with Crippen molar-refractivity contribution < 1.29 is 4.79 Å². The molecule has 2 N–H and O–H groups in total. The van der Waals surface area contributed by atoms with Crippen molar-refractivity contribution in [2.75, 3.05) is 16.9 Å². The summed E-state index contributed by atoms with van der Waals surface area (Å²) in [7, 11) is 0. The molecule has 1 aromatic carbocycles. The van der Waals surface area contributed by atoms with Crippen LogP contribution < -0.4 is 10.6 Å². The van der Waals surface area contributed by atoms with E-state index in [1.54, 1.807) is 11.8 Å². The summed E-state index contributed by atoms with van der Waals surface area (Å²) in [4.78, 5) is 11.9. The molecule has 0 aliphatic carbocycles. The molecule has 1 aliphatic rings. The van der Waals surface area contributed by atoms with Crippen molar-refractivity contribution in [3.05, 3.63) is 28.2 Å². The summed E-state index contributed by atoms with van der Waals surface area (Å²) in [6.45, 7) is 1.98. The monoisotopic (exact) mass is 300 g/mol. The third-order valence-electron chi connectivity index (χ3n) is 2.49. The average molecular weight is 301 g/mol. The van der Waals surface area contributed by atoms with Gasteiger partial charge in [-0.1, -0.05) is 22.0 Å². The highest BCUT2D eigenvalue weighted by atomic mass is 79.9. The Labute approximate surface area is 108 Å². The number of hydrogen-bond acceptors (Lipinski definition) is 3. The highest BCUT2D eigenvalue weighted by Crippen LogP contribution is 2.21. The van der Waals surface area contributed by atoms with Crippen LogP contribution in [-0.2, 0) is 4.79 Å². The molecule has 1 fully saturated rings. The van der Waals surface area contributed by atoms with Gasteiger partial charge in [0.2, 0.25) is 5.91 Å². The predicted octanol–water partition coefficient (Wildman–Crippen LogP) is 2.36. The van der Waals surface area contributed by atoms with Gasteiger partial charge in [0, 0.05) is 21.8 Å². The minimum absolute atomic E-state index is 0.0474. The topological polar surface area (TPSA) is 41.1 Å². The normalized spacial score (nSPS) is 19.8. The van der Waals surface area contributed by atoms with Crippen LogP contribution in [0.25, 0.3) is 0 Å². The zero-order valence-electron chi connectivity index (χ0n) is 8.92. The van der Waals surface area contributed by atoms with Gasteiger partial charge in [0.1, 0.15) is 0 Å². The largest absolute Gasteiger partial charge is 0.324 e. The third kappa shape index (κ3) is 2.78. The van der Waals surface area contributed by atoms with Crippen LogP contribution in [0.4, 0.5) is 5.69 Å². The number of nitrogens with one attached hydrogen (secondary N) is 2. The highest BCUT2D eigenvalue weighted by Gasteiger charge is 2.22. The number of amides is 1. The second-order valence-electron chi connectivity index (χ2n) is 3.72. The molecule has 0 bridgehead atoms. The van der Waals surface area contributed by atoms with Crippen molar-refractivity contribution in [3.63, 3.8) is 0 Å². The Balaban J connectivity index is 2.07. The molecule has 0 aromatic heterocycles. The smallest absolute Gasteiger partial charge is 0.242 e. The molecular formula is C11H13BrN2OS. The minimum Gasteiger partial charge on any atom is -0.324 e. The molecule has 2 rings (SSSR count). The minimum atomic E-state index is -0.0663. The van der Waals surface area contributed by atoms with E-state index >= 15 is 0 Å². The Morgan fingerprint density at radius 3 is 3.12 bits per heavy atom. The van der Waals surface area contributed by atoms with Crippen LogP contribution in [0.15, 0.2) is 22.7 Å². The number of carbonyl (C=O) groups excluding carboxylic acids is 1. The number of aryl methyl sites for hydroxylation is 1. The fourth-order valence-corrected chi connectivity index (χ4v) is 2.82. The van der Waals surface area contributed by atoms with Gasteiger partial charge in [0.25, 0.3) is 0 Å². The van der Waals surface area contributed by atoms with Gasteiger partial charge in [0.05, 0.1) is 6.04 Å². The molecule has 1 heterocycles. The Morgan fingerprint density at radius 2 is 2.44 bits per heavy atom. The fraction of sp³-hybridized carbons (Fsp3) is 0.364. The average Bonchev–Trinajstić information content (AvgIpc) is 2.76. The summed E-state index contributed by atoms with van der Waals surface area (Å²) in [6, 6.07) is 5.81. The molecule has 5 heteroatoms. The standard InChI is InChI=1S/C11H13BrN2OS/c1-7-2-3-8(12)4-9(7)14-11(15)10-5-16-6-13-10/h2-4,10,13H,5-6H2,1H3,(H,14,15). The number of hydrogen-bond donors (Lipinski definition) is 2. The van der Waals surface area contributed by atoms with Crippen molar-refractivity contribution in [3.8, 4) is 0 Å². The lowest BCUT2D eigenvalue weighted by Gasteiger charge is -2.12. The summed E-state index contributed by atoms with van der Waals surface area (Å²) < 4.78 is 0.974. The summed E-state index contributed by atoms with van der Waals surface area (Å²) in [5, 5.41) is 6.10. The number of anilines is 1. The van der Waals surface area contributed by atoms with E-state index in [-0.39, 0.29) is 11.9 Å². The molecule has 1 aromatic rings. The Bertz CT molecular complexity index is 405. The molecule has 16 heavy (non-hydrogen) atoms. The van der Waals surface area contributed by atoms with E-state index in [9.17, 15) is 4.79 Å². The van der Waals surface area contributed by atoms with Gasteiger partial charge in [-0.05, 0) is 24.6 Å². The fourth-order valence-electron chi connectivity index (χ4n) is 1.51. The second kappa shape index (κ2) is 5.21. The Hall–Kier alpha value is -0.520. The van der Waals surface area contributed by atoms with Crippen molar-refractivity contribution in [2.24, 2.45) is 0 Å². The van der Waals surface area contributed by atoms with Crippen molar-refractivity contribution >= 4 is 39.3 Å². The van der Waals surface area contributed by atoms with Gasteiger partial charge < -0.3 is 5.32 Å². The summed E-state index contributed by atoms with van der Waals surface area (Å²) in [5.74, 6) is 1.75. The SMILES string of the molecule is Cc1ccc(Br)cc1NC(=O)C1CSCN1. The van der Waals surface area contributed by atoms with Gasteiger partial charge in [0.15, 0.2) is 0 Å². The van der Waals surface area contributed by atoms with E-state index in [2.05, 4.69) is 26.6 Å². The van der Waals surface area contributed by atoms with E-state index in [1.165, 1.54) is 0 Å². The second-order valence-corrected chi connectivity index (χ2v) is 5.67. The van der Waals surface area contributed by atoms with E-state index in [1.807, 2.05) is 25.1 Å². The molecule has 1 amide bonds. The van der Waals surface area contributed by atoms with Gasteiger partial charge >= 0.3 is 0 Å². The lowest BCUT2D eigenvalue weighted by atomic mass is 10.2. The number of halogens is 1. The zero-order chi connectivity index (χ0) is 11.5. The molecule has 0 radical (unpaired) electrons. The summed E-state index contributed by atoms with van der Waals surface area (Å²) >= 11 is 5.15. The lowest BCUT2D eigenvalue weighted by molar-refractivity contribution is -0.117. The van der Waals surface area contributed by atoms with Crippen LogP contribution >= 0.6 is 27.7 Å². The first-order chi connectivity index (χ1) is 7.66. The molecule has 0 saturated carbocycles. The summed E-state index contributed by atoms with van der Waals surface area (Å²) in [5.41, 5.74) is 1.94. The van der Waals surface area contributed by atoms with Crippen molar-refractivity contribution in [2.45, 2.75) is 13.0 Å². The van der Waals surface area contributed by atoms with Crippen molar-refractivity contribution in [1.29, 1.82) is 0 Å². The van der Waals surface area contributed by atoms with Crippen LogP contribution in [0.5, 0.6) is 0 Å². The van der Waals surface area contributed by atoms with Gasteiger partial charge in [-0.25, -0.2) is 0 Å². The van der Waals surface area contributed by atoms with E-state index in [0.717, 1.165) is 27.4 Å². The molecule has 86 valence electrons. The van der Waals surface area contributed by atoms with Crippen LogP contribution in [0.3, 0.4) is 0 Å². The first kappa shape index (κ1) is 12.0. The van der Waals surface area contributed by atoms with E-state index in [0.29, 0.717) is 0 Å². The first-order valence-corrected chi connectivity index (χ1v) is 7.00. The Morgan fingerprint density at radius 1 is 1.62 bits per heavy atom. The number of benzene rings is 1. The van der Waals surface area contributed by atoms with Crippen LogP contribution in [0.1, 0.15) is 5.56 Å². The van der Waals surface area contributed by atoms with Gasteiger partial charge in [-0.15, -0.1) is 11.8 Å².